The standard InChI is InChI=1S/C9H8Cl2N4O/c1-2-15-5-6(4-12-15)16-7-3-8(10)13-14-9(7)11/h3-5H,2H2,1H3. The van der Waals surface area contributed by atoms with E-state index in [4.69, 9.17) is 27.9 Å². The van der Waals surface area contributed by atoms with Gasteiger partial charge in [0, 0.05) is 12.6 Å². The summed E-state index contributed by atoms with van der Waals surface area (Å²) in [5.74, 6) is 0.935. The van der Waals surface area contributed by atoms with Crippen molar-refractivity contribution in [2.75, 3.05) is 0 Å². The third kappa shape index (κ3) is 2.43. The van der Waals surface area contributed by atoms with Crippen LogP contribution in [0.25, 0.3) is 0 Å². The molecule has 0 saturated carbocycles. The molecule has 5 nitrogen and oxygen atoms in total. The minimum Gasteiger partial charge on any atom is -0.451 e. The zero-order chi connectivity index (χ0) is 11.5. The molecule has 0 aliphatic heterocycles. The molecule has 0 amide bonds. The molecule has 0 saturated heterocycles. The van der Waals surface area contributed by atoms with Crippen LogP contribution < -0.4 is 4.74 Å². The molecule has 2 rings (SSSR count). The summed E-state index contributed by atoms with van der Waals surface area (Å²) in [5, 5.41) is 11.7. The van der Waals surface area contributed by atoms with Crippen LogP contribution >= 0.6 is 23.2 Å². The van der Waals surface area contributed by atoms with Gasteiger partial charge in [-0.15, -0.1) is 10.2 Å². The van der Waals surface area contributed by atoms with Gasteiger partial charge in [0.15, 0.2) is 21.8 Å². The molecule has 0 N–H and O–H groups in total. The summed E-state index contributed by atoms with van der Waals surface area (Å²) in [4.78, 5) is 0. The van der Waals surface area contributed by atoms with E-state index in [1.807, 2.05) is 6.92 Å². The van der Waals surface area contributed by atoms with Crippen molar-refractivity contribution >= 4 is 23.2 Å². The number of halogens is 2. The Morgan fingerprint density at radius 3 is 2.88 bits per heavy atom. The van der Waals surface area contributed by atoms with Crippen molar-refractivity contribution in [2.24, 2.45) is 0 Å². The highest BCUT2D eigenvalue weighted by Crippen LogP contribution is 2.28. The van der Waals surface area contributed by atoms with Crippen LogP contribution in [0.1, 0.15) is 6.92 Å². The van der Waals surface area contributed by atoms with Crippen molar-refractivity contribution in [1.82, 2.24) is 20.0 Å². The molecule has 16 heavy (non-hydrogen) atoms. The minimum absolute atomic E-state index is 0.161. The second-order valence-corrected chi connectivity index (χ2v) is 3.70. The van der Waals surface area contributed by atoms with E-state index in [0.29, 0.717) is 11.5 Å². The number of hydrogen-bond donors (Lipinski definition) is 0. The molecule has 0 radical (unpaired) electrons. The van der Waals surface area contributed by atoms with E-state index in [1.54, 1.807) is 17.1 Å². The lowest BCUT2D eigenvalue weighted by molar-refractivity contribution is 0.477. The number of aromatic nitrogens is 4. The monoisotopic (exact) mass is 258 g/mol. The fourth-order valence-electron chi connectivity index (χ4n) is 1.11. The zero-order valence-corrected chi connectivity index (χ0v) is 9.90. The fourth-order valence-corrected chi connectivity index (χ4v) is 1.37. The maximum absolute atomic E-state index is 5.80. The first-order valence-electron chi connectivity index (χ1n) is 4.58. The largest absolute Gasteiger partial charge is 0.451 e. The second-order valence-electron chi connectivity index (χ2n) is 2.96. The number of aryl methyl sites for hydroxylation is 1. The van der Waals surface area contributed by atoms with Gasteiger partial charge in [0.1, 0.15) is 0 Å². The summed E-state index contributed by atoms with van der Waals surface area (Å²) in [6.45, 7) is 2.75. The van der Waals surface area contributed by atoms with E-state index in [1.165, 1.54) is 6.07 Å². The molecule has 0 aliphatic carbocycles. The van der Waals surface area contributed by atoms with Gasteiger partial charge in [0.25, 0.3) is 0 Å². The molecule has 2 aromatic rings. The Balaban J connectivity index is 2.22. The highest BCUT2D eigenvalue weighted by molar-refractivity contribution is 6.32. The molecule has 0 bridgehead atoms. The van der Waals surface area contributed by atoms with Crippen molar-refractivity contribution < 1.29 is 4.74 Å². The molecule has 0 unspecified atom stereocenters. The lowest BCUT2D eigenvalue weighted by Crippen LogP contribution is -1.92. The summed E-state index contributed by atoms with van der Waals surface area (Å²) >= 11 is 11.5. The third-order valence-electron chi connectivity index (χ3n) is 1.85. The van der Waals surface area contributed by atoms with Crippen LogP contribution in [0.15, 0.2) is 18.5 Å². The highest BCUT2D eigenvalue weighted by atomic mass is 35.5. The van der Waals surface area contributed by atoms with E-state index in [0.717, 1.165) is 6.54 Å². The lowest BCUT2D eigenvalue weighted by atomic mass is 10.5. The van der Waals surface area contributed by atoms with Gasteiger partial charge in [0.2, 0.25) is 0 Å². The van der Waals surface area contributed by atoms with Gasteiger partial charge < -0.3 is 4.74 Å². The maximum atomic E-state index is 5.80. The van der Waals surface area contributed by atoms with Gasteiger partial charge in [-0.05, 0) is 6.92 Å². The van der Waals surface area contributed by atoms with Crippen molar-refractivity contribution in [1.29, 1.82) is 0 Å². The smallest absolute Gasteiger partial charge is 0.194 e. The lowest BCUT2D eigenvalue weighted by Gasteiger charge is -2.03. The van der Waals surface area contributed by atoms with Crippen LogP contribution in [-0.4, -0.2) is 20.0 Å². The van der Waals surface area contributed by atoms with Gasteiger partial charge in [-0.1, -0.05) is 23.2 Å². The highest BCUT2D eigenvalue weighted by Gasteiger charge is 2.08. The van der Waals surface area contributed by atoms with Crippen LogP contribution in [0.3, 0.4) is 0 Å². The van der Waals surface area contributed by atoms with Crippen LogP contribution in [0.2, 0.25) is 10.3 Å². The van der Waals surface area contributed by atoms with Crippen molar-refractivity contribution in [2.45, 2.75) is 13.5 Å². The van der Waals surface area contributed by atoms with Gasteiger partial charge in [-0.2, -0.15) is 5.10 Å². The maximum Gasteiger partial charge on any atom is 0.194 e. The molecule has 2 aromatic heterocycles. The van der Waals surface area contributed by atoms with Crippen LogP contribution in [0, 0.1) is 0 Å². The zero-order valence-electron chi connectivity index (χ0n) is 8.39. The molecular formula is C9H8Cl2N4O. The van der Waals surface area contributed by atoms with E-state index in [-0.39, 0.29) is 10.3 Å². The first-order chi connectivity index (χ1) is 7.69. The second kappa shape index (κ2) is 4.67. The van der Waals surface area contributed by atoms with Crippen molar-refractivity contribution in [3.8, 4) is 11.5 Å². The van der Waals surface area contributed by atoms with Crippen molar-refractivity contribution in [3.05, 3.63) is 28.8 Å². The molecule has 0 atom stereocenters. The summed E-state index contributed by atoms with van der Waals surface area (Å²) in [6.07, 6.45) is 3.35. The average molecular weight is 259 g/mol. The summed E-state index contributed by atoms with van der Waals surface area (Å²) < 4.78 is 7.21. The number of rotatable bonds is 3. The normalized spacial score (nSPS) is 10.4. The molecule has 0 fully saturated rings. The van der Waals surface area contributed by atoms with Gasteiger partial charge >= 0.3 is 0 Å². The Hall–Kier alpha value is -1.33. The van der Waals surface area contributed by atoms with Crippen molar-refractivity contribution in [3.63, 3.8) is 0 Å². The summed E-state index contributed by atoms with van der Waals surface area (Å²) in [7, 11) is 0. The Morgan fingerprint density at radius 1 is 1.38 bits per heavy atom. The van der Waals surface area contributed by atoms with E-state index in [2.05, 4.69) is 15.3 Å². The van der Waals surface area contributed by atoms with Gasteiger partial charge in [-0.3, -0.25) is 4.68 Å². The van der Waals surface area contributed by atoms with Crippen LogP contribution in [0.4, 0.5) is 0 Å². The van der Waals surface area contributed by atoms with Crippen LogP contribution in [0.5, 0.6) is 11.5 Å². The summed E-state index contributed by atoms with van der Waals surface area (Å²) in [5.41, 5.74) is 0. The van der Waals surface area contributed by atoms with Gasteiger partial charge in [-0.25, -0.2) is 0 Å². The predicted octanol–water partition coefficient (Wildman–Crippen LogP) is 2.79. The number of hydrogen-bond acceptors (Lipinski definition) is 4. The topological polar surface area (TPSA) is 52.8 Å². The Morgan fingerprint density at radius 2 is 2.19 bits per heavy atom. The summed E-state index contributed by atoms with van der Waals surface area (Å²) in [6, 6.07) is 1.50. The van der Waals surface area contributed by atoms with E-state index >= 15 is 0 Å². The first kappa shape index (κ1) is 11.2. The molecule has 0 spiro atoms. The predicted molar refractivity (Wildman–Crippen MR) is 60.0 cm³/mol. The van der Waals surface area contributed by atoms with E-state index in [9.17, 15) is 0 Å². The Bertz CT molecular complexity index is 500. The van der Waals surface area contributed by atoms with Crippen LogP contribution in [-0.2, 0) is 6.54 Å². The fraction of sp³-hybridized carbons (Fsp3) is 0.222. The minimum atomic E-state index is 0.161. The molecule has 2 heterocycles. The quantitative estimate of drug-likeness (QED) is 0.850. The SMILES string of the molecule is CCn1cc(Oc2cc(Cl)nnc2Cl)cn1. The van der Waals surface area contributed by atoms with E-state index < -0.39 is 0 Å². The number of ether oxygens (including phenoxy) is 1. The Labute approximate surface area is 102 Å². The molecule has 0 aromatic carbocycles. The molecule has 7 heteroatoms. The Kier molecular flexibility index (Phi) is 3.26. The number of nitrogens with zero attached hydrogens (tertiary/aromatic N) is 4. The van der Waals surface area contributed by atoms with Gasteiger partial charge in [0.05, 0.1) is 12.4 Å². The average Bonchev–Trinajstić information content (AvgIpc) is 2.71. The molecule has 84 valence electrons. The molecular weight excluding hydrogens is 251 g/mol. The molecule has 0 aliphatic rings. The first-order valence-corrected chi connectivity index (χ1v) is 5.33. The third-order valence-corrected chi connectivity index (χ3v) is 2.29.